The smallest absolute Gasteiger partial charge is 0.418 e. The number of para-hydroxylation sites is 2. The summed E-state index contributed by atoms with van der Waals surface area (Å²) in [6.07, 6.45) is -0.705. The Balaban J connectivity index is 1.35. The highest BCUT2D eigenvalue weighted by Crippen LogP contribution is 2.33. The van der Waals surface area contributed by atoms with E-state index in [4.69, 9.17) is 23.9 Å². The Morgan fingerprint density at radius 1 is 0.891 bits per heavy atom. The fraction of sp³-hybridized carbons (Fsp3) is 0.343. The topological polar surface area (TPSA) is 110 Å². The van der Waals surface area contributed by atoms with Crippen molar-refractivity contribution in [2.75, 3.05) is 70.7 Å². The van der Waals surface area contributed by atoms with Crippen molar-refractivity contribution >= 4 is 23.4 Å². The van der Waals surface area contributed by atoms with Gasteiger partial charge in [-0.05, 0) is 63.2 Å². The fourth-order valence-electron chi connectivity index (χ4n) is 5.13. The minimum atomic E-state index is -0.705. The predicted octanol–water partition coefficient (Wildman–Crippen LogP) is 6.15. The average Bonchev–Trinajstić information content (AvgIpc) is 3.04. The number of amides is 1. The van der Waals surface area contributed by atoms with Crippen LogP contribution in [0.15, 0.2) is 66.7 Å². The molecule has 46 heavy (non-hydrogen) atoms. The molecule has 2 heterocycles. The summed E-state index contributed by atoms with van der Waals surface area (Å²) in [5.74, 6) is 2.11. The molecule has 11 nitrogen and oxygen atoms in total. The van der Waals surface area contributed by atoms with Crippen molar-refractivity contribution in [3.8, 4) is 34.4 Å². The highest BCUT2D eigenvalue weighted by Gasteiger charge is 2.17. The SMILES string of the molecule is CCOc1ccccc1NC(=O)Oc1cc(-c2cccc(C)c2C)nc(Nc2ccc(OCCN3CCN(C)CC3)c(OC)c2)n1. The lowest BCUT2D eigenvalue weighted by Crippen LogP contribution is -2.45. The molecule has 242 valence electrons. The van der Waals surface area contributed by atoms with E-state index in [1.807, 2.05) is 69.3 Å². The van der Waals surface area contributed by atoms with Gasteiger partial charge in [0.2, 0.25) is 11.8 Å². The molecule has 0 aliphatic carbocycles. The zero-order valence-electron chi connectivity index (χ0n) is 27.1. The molecule has 1 saturated heterocycles. The van der Waals surface area contributed by atoms with E-state index >= 15 is 0 Å². The van der Waals surface area contributed by atoms with Crippen LogP contribution in [-0.4, -0.2) is 86.0 Å². The zero-order valence-corrected chi connectivity index (χ0v) is 27.1. The molecule has 0 bridgehead atoms. The summed E-state index contributed by atoms with van der Waals surface area (Å²) in [6, 6.07) is 20.4. The largest absolute Gasteiger partial charge is 0.493 e. The van der Waals surface area contributed by atoms with Crippen molar-refractivity contribution in [1.82, 2.24) is 19.8 Å². The molecule has 0 unspecified atom stereocenters. The van der Waals surface area contributed by atoms with Gasteiger partial charge in [-0.25, -0.2) is 9.78 Å². The van der Waals surface area contributed by atoms with E-state index in [1.165, 1.54) is 0 Å². The minimum absolute atomic E-state index is 0.0793. The van der Waals surface area contributed by atoms with Gasteiger partial charge in [-0.2, -0.15) is 4.98 Å². The summed E-state index contributed by atoms with van der Waals surface area (Å²) in [5.41, 5.74) is 4.86. The highest BCUT2D eigenvalue weighted by atomic mass is 16.6. The number of carbonyl (C=O) groups excluding carboxylic acids is 1. The van der Waals surface area contributed by atoms with Gasteiger partial charge in [0.15, 0.2) is 11.5 Å². The molecule has 4 aromatic rings. The lowest BCUT2D eigenvalue weighted by molar-refractivity contribution is 0.133. The van der Waals surface area contributed by atoms with Crippen molar-refractivity contribution in [2.45, 2.75) is 20.8 Å². The van der Waals surface area contributed by atoms with Crippen molar-refractivity contribution < 1.29 is 23.7 Å². The van der Waals surface area contributed by atoms with Gasteiger partial charge in [-0.3, -0.25) is 10.2 Å². The molecule has 2 N–H and O–H groups in total. The van der Waals surface area contributed by atoms with Crippen LogP contribution < -0.4 is 29.6 Å². The van der Waals surface area contributed by atoms with E-state index in [-0.39, 0.29) is 11.8 Å². The second kappa shape index (κ2) is 15.4. The van der Waals surface area contributed by atoms with E-state index in [1.54, 1.807) is 25.3 Å². The number of anilines is 3. The van der Waals surface area contributed by atoms with E-state index in [0.29, 0.717) is 47.5 Å². The van der Waals surface area contributed by atoms with Crippen LogP contribution in [0.25, 0.3) is 11.3 Å². The van der Waals surface area contributed by atoms with Crippen LogP contribution in [0.2, 0.25) is 0 Å². The third-order valence-electron chi connectivity index (χ3n) is 7.88. The van der Waals surface area contributed by atoms with Crippen LogP contribution in [0.3, 0.4) is 0 Å². The summed E-state index contributed by atoms with van der Waals surface area (Å²) in [5, 5.41) is 6.00. The minimum Gasteiger partial charge on any atom is -0.493 e. The molecule has 1 aromatic heterocycles. The van der Waals surface area contributed by atoms with Gasteiger partial charge >= 0.3 is 6.09 Å². The Morgan fingerprint density at radius 2 is 1.70 bits per heavy atom. The van der Waals surface area contributed by atoms with Crippen LogP contribution in [-0.2, 0) is 0 Å². The van der Waals surface area contributed by atoms with E-state index < -0.39 is 6.09 Å². The van der Waals surface area contributed by atoms with Crippen LogP contribution in [0, 0.1) is 13.8 Å². The Kier molecular flexibility index (Phi) is 10.9. The fourth-order valence-corrected chi connectivity index (χ4v) is 5.13. The van der Waals surface area contributed by atoms with Gasteiger partial charge in [0.05, 0.1) is 25.1 Å². The predicted molar refractivity (Wildman–Crippen MR) is 180 cm³/mol. The van der Waals surface area contributed by atoms with Gasteiger partial charge < -0.3 is 29.2 Å². The second-order valence-corrected chi connectivity index (χ2v) is 11.1. The molecule has 0 atom stereocenters. The maximum absolute atomic E-state index is 13.0. The summed E-state index contributed by atoms with van der Waals surface area (Å²) in [4.78, 5) is 27.0. The van der Waals surface area contributed by atoms with Gasteiger partial charge in [0.1, 0.15) is 12.4 Å². The number of hydrogen-bond acceptors (Lipinski definition) is 10. The molecule has 1 aliphatic heterocycles. The number of carbonyl (C=O) groups is 1. The summed E-state index contributed by atoms with van der Waals surface area (Å²) in [7, 11) is 3.76. The number of nitrogens with zero attached hydrogens (tertiary/aromatic N) is 4. The first-order valence-corrected chi connectivity index (χ1v) is 15.5. The molecule has 0 radical (unpaired) electrons. The highest BCUT2D eigenvalue weighted by molar-refractivity contribution is 5.88. The maximum Gasteiger partial charge on any atom is 0.418 e. The first-order chi connectivity index (χ1) is 22.3. The first-order valence-electron chi connectivity index (χ1n) is 15.5. The molecule has 1 amide bonds. The van der Waals surface area contributed by atoms with E-state index in [9.17, 15) is 4.79 Å². The maximum atomic E-state index is 13.0. The van der Waals surface area contributed by atoms with Gasteiger partial charge in [0, 0.05) is 56.1 Å². The van der Waals surface area contributed by atoms with Crippen molar-refractivity contribution in [3.05, 3.63) is 77.9 Å². The molecular formula is C35H42N6O5. The van der Waals surface area contributed by atoms with E-state index in [2.05, 4.69) is 32.5 Å². The van der Waals surface area contributed by atoms with Crippen molar-refractivity contribution in [2.24, 2.45) is 0 Å². The molecule has 5 rings (SSSR count). The van der Waals surface area contributed by atoms with Crippen LogP contribution >= 0.6 is 0 Å². The monoisotopic (exact) mass is 626 g/mol. The normalized spacial score (nSPS) is 13.6. The van der Waals surface area contributed by atoms with Gasteiger partial charge in [0.25, 0.3) is 0 Å². The first kappa shape index (κ1) is 32.5. The molecule has 0 spiro atoms. The molecule has 1 aliphatic rings. The standard InChI is InChI=1S/C35H42N6O5/c1-6-44-30-13-8-7-12-28(30)38-35(42)46-33-23-29(27-11-9-10-24(2)25(27)3)37-34(39-33)36-26-14-15-31(32(22-26)43-5)45-21-20-41-18-16-40(4)17-19-41/h7-15,22-23H,6,16-21H2,1-5H3,(H,38,42)(H,36,37,39). The number of likely N-dealkylation sites (N-methyl/N-ethyl adjacent to an activating group) is 1. The Labute approximate surface area is 270 Å². The number of aryl methyl sites for hydroxylation is 1. The summed E-state index contributed by atoms with van der Waals surface area (Å²) < 4.78 is 23.0. The van der Waals surface area contributed by atoms with Crippen molar-refractivity contribution in [1.29, 1.82) is 0 Å². The molecular weight excluding hydrogens is 584 g/mol. The number of benzene rings is 3. The number of nitrogens with one attached hydrogen (secondary N) is 2. The second-order valence-electron chi connectivity index (χ2n) is 11.1. The molecule has 3 aromatic carbocycles. The van der Waals surface area contributed by atoms with Crippen LogP contribution in [0.1, 0.15) is 18.1 Å². The third-order valence-corrected chi connectivity index (χ3v) is 7.88. The summed E-state index contributed by atoms with van der Waals surface area (Å²) >= 11 is 0. The van der Waals surface area contributed by atoms with Crippen molar-refractivity contribution in [3.63, 3.8) is 0 Å². The number of rotatable bonds is 12. The molecule has 1 fully saturated rings. The number of methoxy groups -OCH3 is 1. The Bertz CT molecular complexity index is 1640. The lowest BCUT2D eigenvalue weighted by atomic mass is 10.0. The average molecular weight is 627 g/mol. The Morgan fingerprint density at radius 3 is 2.48 bits per heavy atom. The number of hydrogen-bond donors (Lipinski definition) is 2. The number of ether oxygens (including phenoxy) is 4. The van der Waals surface area contributed by atoms with Gasteiger partial charge in [-0.15, -0.1) is 0 Å². The van der Waals surface area contributed by atoms with Crippen LogP contribution in [0.5, 0.6) is 23.1 Å². The Hall–Kier alpha value is -4.87. The lowest BCUT2D eigenvalue weighted by Gasteiger charge is -2.32. The number of aromatic nitrogens is 2. The van der Waals surface area contributed by atoms with Crippen LogP contribution in [0.4, 0.5) is 22.1 Å². The van der Waals surface area contributed by atoms with Gasteiger partial charge in [-0.1, -0.05) is 30.3 Å². The number of piperazine rings is 1. The molecule has 11 heteroatoms. The third kappa shape index (κ3) is 8.43. The molecule has 0 saturated carbocycles. The quantitative estimate of drug-likeness (QED) is 0.190. The summed E-state index contributed by atoms with van der Waals surface area (Å²) in [6.45, 7) is 12.0. The zero-order chi connectivity index (χ0) is 32.5. The van der Waals surface area contributed by atoms with E-state index in [0.717, 1.165) is 49.4 Å².